The molecule has 1 fully saturated rings. The largest absolute Gasteiger partial charge is 0.482 e. The van der Waals surface area contributed by atoms with Crippen LogP contribution in [-0.4, -0.2) is 37.4 Å². The van der Waals surface area contributed by atoms with Crippen molar-refractivity contribution < 1.29 is 23.9 Å². The Kier molecular flexibility index (Phi) is 6.87. The van der Waals surface area contributed by atoms with Crippen molar-refractivity contribution in [1.82, 2.24) is 0 Å². The van der Waals surface area contributed by atoms with Crippen molar-refractivity contribution in [2.75, 3.05) is 24.7 Å². The van der Waals surface area contributed by atoms with Gasteiger partial charge in [-0.2, -0.15) is 0 Å². The Morgan fingerprint density at radius 2 is 1.80 bits per heavy atom. The van der Waals surface area contributed by atoms with Crippen LogP contribution in [0.1, 0.15) is 54.1 Å². The summed E-state index contributed by atoms with van der Waals surface area (Å²) in [6, 6.07) is 12.7. The molecule has 0 radical (unpaired) electrons. The molecule has 0 aliphatic carbocycles. The summed E-state index contributed by atoms with van der Waals surface area (Å²) in [6.45, 7) is 6.17. The topological polar surface area (TPSA) is 72.9 Å². The lowest BCUT2D eigenvalue weighted by atomic mass is 10.0. The summed E-state index contributed by atoms with van der Waals surface area (Å²) in [6.07, 6.45) is 1.40. The van der Waals surface area contributed by atoms with Gasteiger partial charge in [0, 0.05) is 24.2 Å². The Hall–Kier alpha value is -3.15. The molecule has 0 saturated carbocycles. The molecule has 30 heavy (non-hydrogen) atoms. The minimum absolute atomic E-state index is 0.0946. The average Bonchev–Trinajstić information content (AvgIpc) is 3.17. The normalized spacial score (nSPS) is 13.6. The van der Waals surface area contributed by atoms with Crippen LogP contribution in [0.25, 0.3) is 0 Å². The number of nitrogens with zero attached hydrogens (tertiary/aromatic N) is 1. The Balaban J connectivity index is 1.49. The van der Waals surface area contributed by atoms with Gasteiger partial charge in [-0.3, -0.25) is 9.59 Å². The van der Waals surface area contributed by atoms with Crippen molar-refractivity contribution in [2.24, 2.45) is 0 Å². The monoisotopic (exact) mass is 409 g/mol. The lowest BCUT2D eigenvalue weighted by Gasteiger charge is -2.15. The van der Waals surface area contributed by atoms with Crippen molar-refractivity contribution >= 4 is 23.3 Å². The maximum Gasteiger partial charge on any atom is 0.344 e. The molecule has 1 saturated heterocycles. The maximum atomic E-state index is 12.3. The molecule has 1 aliphatic heterocycles. The Labute approximate surface area is 176 Å². The van der Waals surface area contributed by atoms with Gasteiger partial charge in [0.25, 0.3) is 0 Å². The number of ketones is 1. The van der Waals surface area contributed by atoms with E-state index >= 15 is 0 Å². The number of Topliss-reactive ketones (excluding diaryl/α,β-unsaturated/α-hetero) is 1. The molecule has 2 aromatic carbocycles. The quantitative estimate of drug-likeness (QED) is 0.486. The molecule has 0 spiro atoms. The van der Waals surface area contributed by atoms with Gasteiger partial charge >= 0.3 is 5.97 Å². The number of rotatable bonds is 8. The zero-order valence-corrected chi connectivity index (χ0v) is 17.6. The highest BCUT2D eigenvalue weighted by Gasteiger charge is 2.21. The molecule has 0 aromatic heterocycles. The van der Waals surface area contributed by atoms with E-state index in [2.05, 4.69) is 13.8 Å². The number of benzene rings is 2. The summed E-state index contributed by atoms with van der Waals surface area (Å²) in [5, 5.41) is 0. The van der Waals surface area contributed by atoms with Gasteiger partial charge in [0.2, 0.25) is 5.91 Å². The molecule has 158 valence electrons. The van der Waals surface area contributed by atoms with Crippen LogP contribution in [0, 0.1) is 6.92 Å². The minimum atomic E-state index is -0.600. The van der Waals surface area contributed by atoms with E-state index in [0.29, 0.717) is 30.2 Å². The van der Waals surface area contributed by atoms with Crippen molar-refractivity contribution in [3.8, 4) is 5.75 Å². The molecular weight excluding hydrogens is 382 g/mol. The summed E-state index contributed by atoms with van der Waals surface area (Å²) in [7, 11) is 0. The van der Waals surface area contributed by atoms with Gasteiger partial charge in [0.05, 0.1) is 0 Å². The Morgan fingerprint density at radius 3 is 2.43 bits per heavy atom. The molecule has 3 rings (SSSR count). The highest BCUT2D eigenvalue weighted by atomic mass is 16.6. The smallest absolute Gasteiger partial charge is 0.344 e. The van der Waals surface area contributed by atoms with Crippen LogP contribution in [0.3, 0.4) is 0 Å². The molecule has 2 aromatic rings. The molecular formula is C24H27NO5. The fraction of sp³-hybridized carbons (Fsp3) is 0.375. The first kappa shape index (κ1) is 21.6. The number of aryl methyl sites for hydroxylation is 1. The number of hydrogen-bond acceptors (Lipinski definition) is 5. The summed E-state index contributed by atoms with van der Waals surface area (Å²) < 4.78 is 10.7. The highest BCUT2D eigenvalue weighted by Crippen LogP contribution is 2.24. The molecule has 1 amide bonds. The average molecular weight is 409 g/mol. The number of anilines is 1. The highest BCUT2D eigenvalue weighted by molar-refractivity contribution is 5.99. The predicted molar refractivity (Wildman–Crippen MR) is 114 cm³/mol. The van der Waals surface area contributed by atoms with E-state index in [1.54, 1.807) is 29.2 Å². The van der Waals surface area contributed by atoms with Crippen LogP contribution in [0.5, 0.6) is 5.75 Å². The molecule has 1 heterocycles. The standard InChI is InChI=1S/C24H27NO5/c1-16(2)19-7-6-17(3)22(13-19)29-15-24(28)30-14-21(26)18-8-10-20(11-9-18)25-12-4-5-23(25)27/h6-11,13,16H,4-5,12,14-15H2,1-3H3. The summed E-state index contributed by atoms with van der Waals surface area (Å²) in [5.74, 6) is 0.179. The Morgan fingerprint density at radius 1 is 1.07 bits per heavy atom. The van der Waals surface area contributed by atoms with Crippen molar-refractivity contribution in [3.63, 3.8) is 0 Å². The van der Waals surface area contributed by atoms with E-state index in [4.69, 9.17) is 9.47 Å². The van der Waals surface area contributed by atoms with E-state index in [1.165, 1.54) is 0 Å². The zero-order chi connectivity index (χ0) is 21.7. The zero-order valence-electron chi connectivity index (χ0n) is 17.6. The molecule has 1 aliphatic rings. The summed E-state index contributed by atoms with van der Waals surface area (Å²) in [5.41, 5.74) is 3.26. The number of carbonyl (C=O) groups excluding carboxylic acids is 3. The second-order valence-corrected chi connectivity index (χ2v) is 7.75. The maximum absolute atomic E-state index is 12.3. The van der Waals surface area contributed by atoms with E-state index in [-0.39, 0.29) is 24.9 Å². The third-order valence-electron chi connectivity index (χ3n) is 5.16. The predicted octanol–water partition coefficient (Wildman–Crippen LogP) is 4.05. The molecule has 0 atom stereocenters. The first-order chi connectivity index (χ1) is 14.3. The summed E-state index contributed by atoms with van der Waals surface area (Å²) in [4.78, 5) is 37.8. The van der Waals surface area contributed by atoms with Crippen LogP contribution in [0.2, 0.25) is 0 Å². The molecule has 0 N–H and O–H groups in total. The fourth-order valence-corrected chi connectivity index (χ4v) is 3.29. The first-order valence-corrected chi connectivity index (χ1v) is 10.2. The van der Waals surface area contributed by atoms with E-state index in [1.807, 2.05) is 25.1 Å². The van der Waals surface area contributed by atoms with Crippen LogP contribution in [0.4, 0.5) is 5.69 Å². The minimum Gasteiger partial charge on any atom is -0.482 e. The number of hydrogen-bond donors (Lipinski definition) is 0. The van der Waals surface area contributed by atoms with Gasteiger partial charge in [-0.15, -0.1) is 0 Å². The lowest BCUT2D eigenvalue weighted by Crippen LogP contribution is -2.23. The molecule has 6 heteroatoms. The van der Waals surface area contributed by atoms with Crippen LogP contribution < -0.4 is 9.64 Å². The van der Waals surface area contributed by atoms with Gasteiger partial charge in [-0.1, -0.05) is 26.0 Å². The van der Waals surface area contributed by atoms with Gasteiger partial charge in [0.1, 0.15) is 5.75 Å². The van der Waals surface area contributed by atoms with Crippen molar-refractivity contribution in [1.29, 1.82) is 0 Å². The van der Waals surface area contributed by atoms with E-state index in [9.17, 15) is 14.4 Å². The van der Waals surface area contributed by atoms with Crippen molar-refractivity contribution in [3.05, 3.63) is 59.2 Å². The number of amides is 1. The number of ether oxygens (including phenoxy) is 2. The van der Waals surface area contributed by atoms with Gasteiger partial charge in [0.15, 0.2) is 19.0 Å². The SMILES string of the molecule is Cc1ccc(C(C)C)cc1OCC(=O)OCC(=O)c1ccc(N2CCCC2=O)cc1. The van der Waals surface area contributed by atoms with Gasteiger partial charge < -0.3 is 14.4 Å². The Bertz CT molecular complexity index is 933. The summed E-state index contributed by atoms with van der Waals surface area (Å²) >= 11 is 0. The molecule has 0 bridgehead atoms. The molecule has 6 nitrogen and oxygen atoms in total. The number of esters is 1. The van der Waals surface area contributed by atoms with E-state index in [0.717, 1.165) is 23.2 Å². The third-order valence-corrected chi connectivity index (χ3v) is 5.16. The van der Waals surface area contributed by atoms with Gasteiger partial charge in [-0.05, 0) is 60.7 Å². The first-order valence-electron chi connectivity index (χ1n) is 10.2. The second-order valence-electron chi connectivity index (χ2n) is 7.75. The van der Waals surface area contributed by atoms with Crippen LogP contribution in [0.15, 0.2) is 42.5 Å². The van der Waals surface area contributed by atoms with E-state index < -0.39 is 5.97 Å². The molecule has 0 unspecified atom stereocenters. The lowest BCUT2D eigenvalue weighted by molar-refractivity contribution is -0.144. The van der Waals surface area contributed by atoms with Crippen LogP contribution >= 0.6 is 0 Å². The second kappa shape index (κ2) is 9.57. The van der Waals surface area contributed by atoms with Crippen molar-refractivity contribution in [2.45, 2.75) is 39.5 Å². The third kappa shape index (κ3) is 5.26. The fourth-order valence-electron chi connectivity index (χ4n) is 3.29. The van der Waals surface area contributed by atoms with Gasteiger partial charge in [-0.25, -0.2) is 4.79 Å². The number of carbonyl (C=O) groups is 3. The van der Waals surface area contributed by atoms with Crippen LogP contribution in [-0.2, 0) is 14.3 Å².